The third kappa shape index (κ3) is 25.2. The van der Waals surface area contributed by atoms with Crippen molar-refractivity contribution in [3.63, 3.8) is 0 Å². The second kappa shape index (κ2) is 30.3. The maximum absolute atomic E-state index is 5.44. The van der Waals surface area contributed by atoms with Crippen molar-refractivity contribution < 1.29 is 9.47 Å². The Labute approximate surface area is 123 Å². The fourth-order valence-corrected chi connectivity index (χ4v) is 1.30. The van der Waals surface area contributed by atoms with Gasteiger partial charge < -0.3 is 9.47 Å². The van der Waals surface area contributed by atoms with Crippen LogP contribution in [0.15, 0.2) is 0 Å². The van der Waals surface area contributed by atoms with Crippen molar-refractivity contribution >= 4 is 11.6 Å². The molecule has 0 spiro atoms. The minimum absolute atomic E-state index is 0. The molecule has 1 atom stereocenters. The first-order valence-corrected chi connectivity index (χ1v) is 5.84. The molecule has 0 aromatic carbocycles. The summed E-state index contributed by atoms with van der Waals surface area (Å²) < 4.78 is 9.97. The molecule has 0 aliphatic carbocycles. The molecule has 18 heavy (non-hydrogen) atoms. The average Bonchev–Trinajstić information content (AvgIpc) is 2.24. The summed E-state index contributed by atoms with van der Waals surface area (Å²) in [7, 11) is 3.44. The van der Waals surface area contributed by atoms with E-state index < -0.39 is 0 Å². The molecule has 0 fully saturated rings. The zero-order valence-corrected chi connectivity index (χ0v) is 10.9. The van der Waals surface area contributed by atoms with E-state index in [1.165, 1.54) is 0 Å². The van der Waals surface area contributed by atoms with Crippen molar-refractivity contribution in [2.45, 2.75) is 81.9 Å². The lowest BCUT2D eigenvalue weighted by Crippen LogP contribution is -2.09. The number of halogens is 1. The zero-order chi connectivity index (χ0) is 11.4. The van der Waals surface area contributed by atoms with Crippen LogP contribution < -0.4 is 0 Å². The second-order valence-electron chi connectivity index (χ2n) is 3.09. The van der Waals surface area contributed by atoms with Crippen LogP contribution in [0.1, 0.15) is 69.7 Å². The van der Waals surface area contributed by atoms with E-state index >= 15 is 0 Å². The summed E-state index contributed by atoms with van der Waals surface area (Å²) >= 11 is 5.44. The second-order valence-corrected chi connectivity index (χ2v) is 3.40. The van der Waals surface area contributed by atoms with Gasteiger partial charge in [-0.1, -0.05) is 50.5 Å². The predicted molar refractivity (Wildman–Crippen MR) is 90.1 cm³/mol. The molecule has 2 nitrogen and oxygen atoms in total. The monoisotopic (exact) mass is 288 g/mol. The minimum atomic E-state index is 0. The summed E-state index contributed by atoms with van der Waals surface area (Å²) in [5.74, 6) is 0.604. The van der Waals surface area contributed by atoms with E-state index in [0.29, 0.717) is 12.0 Å². The van der Waals surface area contributed by atoms with Crippen molar-refractivity contribution in [1.29, 1.82) is 0 Å². The van der Waals surface area contributed by atoms with Crippen LogP contribution in [-0.2, 0) is 9.47 Å². The predicted octanol–water partition coefficient (Wildman–Crippen LogP) is 6.02. The van der Waals surface area contributed by atoms with E-state index in [4.69, 9.17) is 21.1 Å². The van der Waals surface area contributed by atoms with Crippen LogP contribution in [0.2, 0.25) is 0 Å². The normalized spacial score (nSPS) is 9.50. The molecule has 1 unspecified atom stereocenters. The van der Waals surface area contributed by atoms with Gasteiger partial charge in [0.2, 0.25) is 0 Å². The average molecular weight is 289 g/mol. The van der Waals surface area contributed by atoms with Gasteiger partial charge in [-0.25, -0.2) is 0 Å². The lowest BCUT2D eigenvalue weighted by Gasteiger charge is -2.07. The summed E-state index contributed by atoms with van der Waals surface area (Å²) in [6.45, 7) is 6.33. The highest BCUT2D eigenvalue weighted by molar-refractivity contribution is 6.18. The highest BCUT2D eigenvalue weighted by Crippen LogP contribution is 1.98. The third-order valence-electron chi connectivity index (χ3n) is 2.20. The fraction of sp³-hybridized carbons (Fsp3) is 1.00. The molecule has 0 aromatic heterocycles. The number of methoxy groups -OCH3 is 2. The number of hydrogen-bond donors (Lipinski definition) is 0. The minimum Gasteiger partial charge on any atom is -0.381 e. The van der Waals surface area contributed by atoms with Gasteiger partial charge in [-0.2, -0.15) is 0 Å². The van der Waals surface area contributed by atoms with E-state index in [-0.39, 0.29) is 35.8 Å². The Hall–Kier alpha value is 0.210. The fourth-order valence-electron chi connectivity index (χ4n) is 0.961. The highest BCUT2D eigenvalue weighted by Gasteiger charge is 1.98. The Morgan fingerprint density at radius 3 is 1.00 bits per heavy atom. The molecule has 0 aromatic rings. The molecule has 0 aliphatic rings. The molecule has 0 saturated carbocycles. The molecule has 0 aliphatic heterocycles. The van der Waals surface area contributed by atoms with Crippen LogP contribution in [0.5, 0.6) is 0 Å². The Morgan fingerprint density at radius 1 is 0.722 bits per heavy atom. The first kappa shape index (κ1) is 36.2. The smallest absolute Gasteiger partial charge is 0.0703 e. The van der Waals surface area contributed by atoms with Crippen molar-refractivity contribution in [3.8, 4) is 0 Å². The largest absolute Gasteiger partial charge is 0.381 e. The summed E-state index contributed by atoms with van der Waals surface area (Å²) in [6, 6.07) is 0. The van der Waals surface area contributed by atoms with Gasteiger partial charge in [0.05, 0.1) is 12.2 Å². The first-order chi connectivity index (χ1) is 6.69. The van der Waals surface area contributed by atoms with E-state index in [1.54, 1.807) is 14.2 Å². The topological polar surface area (TPSA) is 18.5 Å². The van der Waals surface area contributed by atoms with Crippen LogP contribution in [0, 0.1) is 0 Å². The van der Waals surface area contributed by atoms with Gasteiger partial charge in [0, 0.05) is 20.1 Å². The Balaban J connectivity index is -0.0000000327. The van der Waals surface area contributed by atoms with E-state index in [2.05, 4.69) is 20.8 Å². The van der Waals surface area contributed by atoms with Gasteiger partial charge in [-0.3, -0.25) is 0 Å². The Bertz CT molecular complexity index is 69.5. The molecule has 0 bridgehead atoms. The van der Waals surface area contributed by atoms with Crippen molar-refractivity contribution in [2.24, 2.45) is 0 Å². The summed E-state index contributed by atoms with van der Waals surface area (Å²) in [6.07, 6.45) is 4.00. The highest BCUT2D eigenvalue weighted by atomic mass is 35.5. The number of hydrogen-bond acceptors (Lipinski definition) is 2. The van der Waals surface area contributed by atoms with Gasteiger partial charge in [-0.05, 0) is 19.3 Å². The lowest BCUT2D eigenvalue weighted by molar-refractivity contribution is 0.0964. The maximum atomic E-state index is 5.44. The molecular formula is C15H41ClO2. The molecule has 0 N–H and O–H groups in total. The van der Waals surface area contributed by atoms with Crippen LogP contribution in [0.4, 0.5) is 0 Å². The molecular weight excluding hydrogens is 248 g/mol. The maximum Gasteiger partial charge on any atom is 0.0703 e. The van der Waals surface area contributed by atoms with Gasteiger partial charge in [0.1, 0.15) is 0 Å². The van der Waals surface area contributed by atoms with E-state index in [1.807, 2.05) is 0 Å². The van der Waals surface area contributed by atoms with E-state index in [9.17, 15) is 0 Å². The van der Waals surface area contributed by atoms with Gasteiger partial charge >= 0.3 is 0 Å². The third-order valence-corrected chi connectivity index (χ3v) is 2.55. The first-order valence-electron chi connectivity index (χ1n) is 5.31. The van der Waals surface area contributed by atoms with E-state index in [0.717, 1.165) is 19.3 Å². The molecule has 120 valence electrons. The van der Waals surface area contributed by atoms with Crippen molar-refractivity contribution in [1.82, 2.24) is 0 Å². The van der Waals surface area contributed by atoms with Crippen LogP contribution in [0.3, 0.4) is 0 Å². The quantitative estimate of drug-likeness (QED) is 0.557. The van der Waals surface area contributed by atoms with Gasteiger partial charge in [-0.15, -0.1) is 11.6 Å². The summed E-state index contributed by atoms with van der Waals surface area (Å²) in [4.78, 5) is 0. The number of ether oxygens (including phenoxy) is 2. The van der Waals surface area contributed by atoms with Crippen molar-refractivity contribution in [2.75, 3.05) is 20.1 Å². The molecule has 0 rings (SSSR count). The van der Waals surface area contributed by atoms with Crippen LogP contribution >= 0.6 is 11.6 Å². The molecule has 0 radical (unpaired) electrons. The van der Waals surface area contributed by atoms with Crippen LogP contribution in [-0.4, -0.2) is 32.3 Å². The SMILES string of the molecule is C.C.C.C.CCC(CC)OC.CCC(CCl)OC. The molecule has 0 heterocycles. The number of alkyl halides is 1. The summed E-state index contributed by atoms with van der Waals surface area (Å²) in [5.41, 5.74) is 0. The number of rotatable bonds is 6. The van der Waals surface area contributed by atoms with Crippen molar-refractivity contribution in [3.05, 3.63) is 0 Å². The van der Waals surface area contributed by atoms with Crippen LogP contribution in [0.25, 0.3) is 0 Å². The Morgan fingerprint density at radius 2 is 1.00 bits per heavy atom. The van der Waals surface area contributed by atoms with Gasteiger partial charge in [0.25, 0.3) is 0 Å². The summed E-state index contributed by atoms with van der Waals surface area (Å²) in [5, 5.41) is 0. The van der Waals surface area contributed by atoms with Gasteiger partial charge in [0.15, 0.2) is 0 Å². The lowest BCUT2D eigenvalue weighted by atomic mass is 10.2. The molecule has 0 saturated heterocycles. The molecule has 3 heteroatoms. The molecule has 0 amide bonds. The standard InChI is InChI=1S/C6H14O.C5H11ClO.4CH4/c1-4-6(5-2)7-3;1-3-5(4-6)7-2;;;;/h6H,4-5H2,1-3H3;5H,3-4H2,1-2H3;4*1H4. The Kier molecular flexibility index (Phi) is 61.0. The zero-order valence-electron chi connectivity index (χ0n) is 10.2.